The number of ether oxygens (including phenoxy) is 7. The van der Waals surface area contributed by atoms with Crippen LogP contribution < -0.4 is 5.32 Å². The summed E-state index contributed by atoms with van der Waals surface area (Å²) in [5.74, 6) is -2.70. The van der Waals surface area contributed by atoms with Crippen molar-refractivity contribution in [3.8, 4) is 0 Å². The first kappa shape index (κ1) is 65.3. The van der Waals surface area contributed by atoms with Crippen LogP contribution in [0, 0.1) is 46.3 Å². The molecule has 460 valence electrons. The molecule has 3 aliphatic heterocycles. The van der Waals surface area contributed by atoms with Crippen LogP contribution in [0.25, 0.3) is 0 Å². The number of amides is 1. The van der Waals surface area contributed by atoms with Gasteiger partial charge >= 0.3 is 5.97 Å². The van der Waals surface area contributed by atoms with Crippen molar-refractivity contribution in [3.05, 3.63) is 11.6 Å². The second-order valence-electron chi connectivity index (χ2n) is 27.5. The number of likely N-dealkylation sites (N-methyl/N-ethyl adjacent to an activating group) is 1. The Bertz CT molecular complexity index is 2180. The smallest absolute Gasteiger partial charge is 0.311 e. The summed E-state index contributed by atoms with van der Waals surface area (Å²) in [6.07, 6.45) is -3.21. The Hall–Kier alpha value is -2.21. The summed E-state index contributed by atoms with van der Waals surface area (Å²) in [6, 6.07) is -1.07. The van der Waals surface area contributed by atoms with Crippen LogP contribution in [0.1, 0.15) is 160 Å². The normalized spacial score (nSPS) is 49.1. The Morgan fingerprint density at radius 2 is 1.59 bits per heavy atom. The first-order valence-electron chi connectivity index (χ1n) is 30.3. The molecule has 80 heavy (non-hydrogen) atoms. The van der Waals surface area contributed by atoms with E-state index < -0.39 is 113 Å². The fourth-order valence-electron chi connectivity index (χ4n) is 16.9. The molecule has 6 unspecified atom stereocenters. The number of carbonyl (C=O) groups excluding carboxylic acids is 3. The van der Waals surface area contributed by atoms with Crippen molar-refractivity contribution in [1.82, 2.24) is 15.1 Å². The lowest BCUT2D eigenvalue weighted by molar-refractivity contribution is -0.318. The molecule has 0 aromatic carbocycles. The van der Waals surface area contributed by atoms with E-state index >= 15 is 0 Å². The molecular formula is C61H105N3O16. The van der Waals surface area contributed by atoms with Crippen molar-refractivity contribution < 1.29 is 78.2 Å². The van der Waals surface area contributed by atoms with Gasteiger partial charge in [-0.05, 0) is 149 Å². The zero-order valence-electron chi connectivity index (χ0n) is 51.3. The minimum atomic E-state index is -1.96. The van der Waals surface area contributed by atoms with Gasteiger partial charge in [-0.3, -0.25) is 19.3 Å². The zero-order chi connectivity index (χ0) is 59.4. The number of aliphatic hydroxyl groups excluding tert-OH is 4. The number of aliphatic hydroxyl groups is 6. The van der Waals surface area contributed by atoms with E-state index in [1.807, 2.05) is 51.6 Å². The largest absolute Gasteiger partial charge is 0.459 e. The summed E-state index contributed by atoms with van der Waals surface area (Å²) in [4.78, 5) is 46.0. The quantitative estimate of drug-likeness (QED) is 0.0752. The van der Waals surface area contributed by atoms with Crippen molar-refractivity contribution in [2.45, 2.75) is 262 Å². The first-order chi connectivity index (χ1) is 37.3. The number of Topliss-reactive ketones (excluding diaryl/α,β-unsaturated/α-hetero) is 1. The highest BCUT2D eigenvalue weighted by Gasteiger charge is 2.69. The molecule has 7 rings (SSSR count). The molecule has 3 heterocycles. The summed E-state index contributed by atoms with van der Waals surface area (Å²) in [6.45, 7) is 22.8. The van der Waals surface area contributed by atoms with Gasteiger partial charge in [0.25, 0.3) is 5.91 Å². The summed E-state index contributed by atoms with van der Waals surface area (Å²) in [7, 11) is 6.85. The summed E-state index contributed by atoms with van der Waals surface area (Å²) in [5.41, 5.74) is -5.69. The SMILES string of the molecule is CC[C@H]1OC(=O)[C@H](C)C(O[C@@H]2C[C@](C)(OC)[C@H](O)C(C)O2)[C@H](C)C(O[C@@H]2O[C@H](C)C[C@@H](N(C)C)[C@H]2O)[C@](C)(O)C[C@@H](C)CN(CCCNC(=O)[C@@]2(OC)CCC3C4CC=C5CC(=O)CC[C@]5(C)C4[C@@H](O)C[C@@]32C)[C@H](C)[C@@H](O)[C@]1(C)O. The third-order valence-electron chi connectivity index (χ3n) is 21.6. The van der Waals surface area contributed by atoms with E-state index in [1.165, 1.54) is 14.0 Å². The van der Waals surface area contributed by atoms with Gasteiger partial charge in [-0.1, -0.05) is 46.3 Å². The number of cyclic esters (lactones) is 1. The highest BCUT2D eigenvalue weighted by atomic mass is 16.7. The molecule has 25 atom stereocenters. The molecule has 1 amide bonds. The second-order valence-corrected chi connectivity index (χ2v) is 27.5. The number of hydrogen-bond donors (Lipinski definition) is 7. The van der Waals surface area contributed by atoms with Crippen molar-refractivity contribution in [2.75, 3.05) is 47.9 Å². The minimum Gasteiger partial charge on any atom is -0.459 e. The van der Waals surface area contributed by atoms with Gasteiger partial charge in [-0.2, -0.15) is 0 Å². The number of carbonyl (C=O) groups is 3. The summed E-state index contributed by atoms with van der Waals surface area (Å²) < 4.78 is 44.8. The standard InChI is InChI=1S/C61H105N3O16/c1-17-45-60(12,73)50(68)37(6)64(26-18-25-62-55(71)61(75-16)24-22-42-41-20-19-39-28-40(65)21-23-56(39,8)47(41)44(66)30-57(42,61)9)32-33(2)29-58(10,72)52(80-54-48(67)43(63(13)14)27-34(3)76-54)35(4)49(36(5)53(70)78-45)79-46-31-59(11,74-15)51(69)38(7)77-46/h19,33-38,41-52,54,66-69,72-73H,17-18,20-32H2,1-16H3,(H,62,71)/t33-,34-,35+,36-,37-,38?,41?,42?,43-,44+,45-,46-,47?,48-,49?,50-,51-,52?,54+,56+,57+,58-,59+,60-,61+/m1/s1. The average molecular weight is 1140 g/mol. The van der Waals surface area contributed by atoms with Gasteiger partial charge in [0.1, 0.15) is 35.8 Å². The number of hydrogen-bond acceptors (Lipinski definition) is 18. The summed E-state index contributed by atoms with van der Waals surface area (Å²) in [5, 5.41) is 76.2. The molecule has 0 spiro atoms. The van der Waals surface area contributed by atoms with Crippen LogP contribution in [0.5, 0.6) is 0 Å². The monoisotopic (exact) mass is 1140 g/mol. The first-order valence-corrected chi connectivity index (χ1v) is 30.3. The van der Waals surface area contributed by atoms with Crippen LogP contribution in [0.15, 0.2) is 11.6 Å². The molecule has 19 heteroatoms. The fourth-order valence-corrected chi connectivity index (χ4v) is 16.9. The number of nitrogens with zero attached hydrogens (tertiary/aromatic N) is 2. The Morgan fingerprint density at radius 1 is 0.900 bits per heavy atom. The van der Waals surface area contributed by atoms with E-state index in [0.717, 1.165) is 24.8 Å². The Kier molecular flexibility index (Phi) is 20.4. The van der Waals surface area contributed by atoms with Crippen LogP contribution in [0.3, 0.4) is 0 Å². The van der Waals surface area contributed by atoms with Crippen molar-refractivity contribution in [3.63, 3.8) is 0 Å². The lowest BCUT2D eigenvalue weighted by Crippen LogP contribution is -2.64. The van der Waals surface area contributed by atoms with Crippen LogP contribution in [-0.4, -0.2) is 208 Å². The number of ketones is 1. The van der Waals surface area contributed by atoms with Gasteiger partial charge in [-0.15, -0.1) is 0 Å². The maximum atomic E-state index is 14.8. The van der Waals surface area contributed by atoms with E-state index in [9.17, 15) is 45.0 Å². The molecule has 7 aliphatic rings. The predicted molar refractivity (Wildman–Crippen MR) is 299 cm³/mol. The van der Waals surface area contributed by atoms with E-state index in [0.29, 0.717) is 51.6 Å². The molecule has 19 nitrogen and oxygen atoms in total. The highest BCUT2D eigenvalue weighted by Crippen LogP contribution is 2.68. The molecule has 6 fully saturated rings. The molecule has 0 aromatic rings. The van der Waals surface area contributed by atoms with E-state index in [-0.39, 0.29) is 78.7 Å². The maximum absolute atomic E-state index is 14.8. The number of fused-ring (bicyclic) bond motifs is 5. The topological polar surface area (TPSA) is 256 Å². The van der Waals surface area contributed by atoms with Gasteiger partial charge in [-0.25, -0.2) is 0 Å². The Labute approximate surface area is 477 Å². The molecule has 4 aliphatic carbocycles. The Morgan fingerprint density at radius 3 is 2.23 bits per heavy atom. The molecular weight excluding hydrogens is 1030 g/mol. The molecule has 0 radical (unpaired) electrons. The molecule has 0 aromatic heterocycles. The van der Waals surface area contributed by atoms with Crippen LogP contribution in [0.4, 0.5) is 0 Å². The number of allylic oxidation sites excluding steroid dienone is 2. The van der Waals surface area contributed by atoms with Crippen molar-refractivity contribution in [2.24, 2.45) is 46.3 Å². The minimum absolute atomic E-state index is 0.00300. The van der Waals surface area contributed by atoms with Gasteiger partial charge in [0.05, 0.1) is 47.6 Å². The van der Waals surface area contributed by atoms with Crippen molar-refractivity contribution in [1.29, 1.82) is 0 Å². The molecule has 3 saturated heterocycles. The van der Waals surface area contributed by atoms with Gasteiger partial charge in [0.15, 0.2) is 18.2 Å². The van der Waals surface area contributed by atoms with Crippen LogP contribution in [0.2, 0.25) is 0 Å². The third-order valence-corrected chi connectivity index (χ3v) is 21.6. The lowest BCUT2D eigenvalue weighted by atomic mass is 9.46. The lowest BCUT2D eigenvalue weighted by Gasteiger charge is -2.60. The van der Waals surface area contributed by atoms with E-state index in [4.69, 9.17) is 33.2 Å². The predicted octanol–water partition coefficient (Wildman–Crippen LogP) is 4.67. The molecule has 3 saturated carbocycles. The van der Waals surface area contributed by atoms with E-state index in [2.05, 4.69) is 25.2 Å². The zero-order valence-corrected chi connectivity index (χ0v) is 51.3. The average Bonchev–Trinajstić information content (AvgIpc) is 3.35. The Balaban J connectivity index is 1.16. The number of rotatable bonds is 13. The number of esters is 1. The van der Waals surface area contributed by atoms with Gasteiger partial charge in [0.2, 0.25) is 0 Å². The highest BCUT2D eigenvalue weighted by molar-refractivity contribution is 5.87. The van der Waals surface area contributed by atoms with Crippen molar-refractivity contribution >= 4 is 17.7 Å². The molecule has 7 N–H and O–H groups in total. The molecule has 0 bridgehead atoms. The summed E-state index contributed by atoms with van der Waals surface area (Å²) >= 11 is 0. The second kappa shape index (κ2) is 25.0. The fraction of sp³-hybridized carbons (Fsp3) is 0.918. The number of nitrogens with one attached hydrogen (secondary N) is 1. The van der Waals surface area contributed by atoms with E-state index in [1.54, 1.807) is 41.7 Å². The number of methoxy groups -OCH3 is 2. The van der Waals surface area contributed by atoms with Crippen LogP contribution in [-0.2, 0) is 47.5 Å². The van der Waals surface area contributed by atoms with Gasteiger partial charge in [0, 0.05) is 76.5 Å². The van der Waals surface area contributed by atoms with Crippen LogP contribution >= 0.6 is 0 Å². The maximum Gasteiger partial charge on any atom is 0.311 e. The van der Waals surface area contributed by atoms with Gasteiger partial charge < -0.3 is 74.0 Å². The third kappa shape index (κ3) is 12.3.